The van der Waals surface area contributed by atoms with E-state index >= 15 is 0 Å². The van der Waals surface area contributed by atoms with Gasteiger partial charge in [-0.05, 0) is 24.6 Å². The Morgan fingerprint density at radius 1 is 1.40 bits per heavy atom. The van der Waals surface area contributed by atoms with Crippen LogP contribution in [0.3, 0.4) is 0 Å². The van der Waals surface area contributed by atoms with E-state index in [4.69, 9.17) is 4.74 Å². The minimum absolute atomic E-state index is 0.120. The predicted molar refractivity (Wildman–Crippen MR) is 62.1 cm³/mol. The van der Waals surface area contributed by atoms with Crippen LogP contribution in [0.1, 0.15) is 12.5 Å². The van der Waals surface area contributed by atoms with Crippen LogP contribution < -0.4 is 0 Å². The molecule has 1 rings (SSSR count). The van der Waals surface area contributed by atoms with E-state index in [9.17, 15) is 9.18 Å². The third-order valence-electron chi connectivity index (χ3n) is 1.73. The van der Waals surface area contributed by atoms with Crippen LogP contribution in [0.5, 0.6) is 0 Å². The zero-order valence-electron chi connectivity index (χ0n) is 8.02. The Labute approximate surface area is 104 Å². The average Bonchev–Trinajstić information content (AvgIpc) is 2.11. The van der Waals surface area contributed by atoms with Gasteiger partial charge in [0.2, 0.25) is 0 Å². The molecule has 0 saturated heterocycles. The van der Waals surface area contributed by atoms with Crippen molar-refractivity contribution in [2.75, 3.05) is 6.61 Å². The molecule has 0 heterocycles. The highest BCUT2D eigenvalue weighted by molar-refractivity contribution is 9.11. The molecular formula is C10H9Br2FO2. The van der Waals surface area contributed by atoms with E-state index in [1.54, 1.807) is 6.92 Å². The van der Waals surface area contributed by atoms with Crippen LogP contribution in [0, 0.1) is 5.82 Å². The molecule has 82 valence electrons. The molecule has 0 aliphatic heterocycles. The number of carbonyl (C=O) groups is 1. The van der Waals surface area contributed by atoms with E-state index < -0.39 is 0 Å². The molecule has 0 atom stereocenters. The molecule has 0 amide bonds. The molecule has 0 spiro atoms. The van der Waals surface area contributed by atoms with Crippen LogP contribution >= 0.6 is 31.9 Å². The fraction of sp³-hybridized carbons (Fsp3) is 0.300. The van der Waals surface area contributed by atoms with Crippen molar-refractivity contribution in [3.05, 3.63) is 32.5 Å². The van der Waals surface area contributed by atoms with Gasteiger partial charge in [0.1, 0.15) is 5.82 Å². The molecule has 0 aliphatic carbocycles. The third kappa shape index (κ3) is 3.57. The monoisotopic (exact) mass is 338 g/mol. The lowest BCUT2D eigenvalue weighted by molar-refractivity contribution is -0.142. The maximum absolute atomic E-state index is 12.9. The fourth-order valence-corrected chi connectivity index (χ4v) is 2.51. The van der Waals surface area contributed by atoms with E-state index in [0.717, 1.165) is 0 Å². The number of esters is 1. The normalized spacial score (nSPS) is 10.1. The summed E-state index contributed by atoms with van der Waals surface area (Å²) in [6, 6.07) is 2.64. The highest BCUT2D eigenvalue weighted by Crippen LogP contribution is 2.27. The first-order valence-corrected chi connectivity index (χ1v) is 5.92. The lowest BCUT2D eigenvalue weighted by atomic mass is 10.1. The number of hydrogen-bond acceptors (Lipinski definition) is 2. The van der Waals surface area contributed by atoms with E-state index in [0.29, 0.717) is 21.1 Å². The molecule has 2 nitrogen and oxygen atoms in total. The highest BCUT2D eigenvalue weighted by atomic mass is 79.9. The largest absolute Gasteiger partial charge is 0.466 e. The van der Waals surface area contributed by atoms with Crippen molar-refractivity contribution in [1.82, 2.24) is 0 Å². The molecule has 0 bridgehead atoms. The van der Waals surface area contributed by atoms with Gasteiger partial charge in [0, 0.05) is 8.95 Å². The number of benzene rings is 1. The zero-order chi connectivity index (χ0) is 11.4. The van der Waals surface area contributed by atoms with Crippen molar-refractivity contribution >= 4 is 37.8 Å². The van der Waals surface area contributed by atoms with Gasteiger partial charge in [0.15, 0.2) is 0 Å². The highest BCUT2D eigenvalue weighted by Gasteiger charge is 2.12. The second kappa shape index (κ2) is 5.61. The van der Waals surface area contributed by atoms with Crippen LogP contribution in [0.25, 0.3) is 0 Å². The van der Waals surface area contributed by atoms with Crippen LogP contribution in [-0.2, 0) is 16.0 Å². The van der Waals surface area contributed by atoms with E-state index in [-0.39, 0.29) is 18.2 Å². The standard InChI is InChI=1S/C10H9Br2FO2/c1-2-15-10(14)5-7-8(11)3-6(13)4-9(7)12/h3-4H,2,5H2,1H3. The maximum Gasteiger partial charge on any atom is 0.310 e. The Bertz CT molecular complexity index is 357. The number of ether oxygens (including phenoxy) is 1. The van der Waals surface area contributed by atoms with Gasteiger partial charge in [-0.3, -0.25) is 4.79 Å². The fourth-order valence-electron chi connectivity index (χ4n) is 1.10. The van der Waals surface area contributed by atoms with Crippen molar-refractivity contribution < 1.29 is 13.9 Å². The van der Waals surface area contributed by atoms with Crippen LogP contribution in [-0.4, -0.2) is 12.6 Å². The summed E-state index contributed by atoms with van der Waals surface area (Å²) in [4.78, 5) is 11.2. The molecule has 0 radical (unpaired) electrons. The number of hydrogen-bond donors (Lipinski definition) is 0. The first kappa shape index (κ1) is 12.6. The van der Waals surface area contributed by atoms with E-state index in [1.807, 2.05) is 0 Å². The van der Waals surface area contributed by atoms with Crippen molar-refractivity contribution in [3.8, 4) is 0 Å². The summed E-state index contributed by atoms with van der Waals surface area (Å²) in [7, 11) is 0. The lowest BCUT2D eigenvalue weighted by Gasteiger charge is -2.07. The molecule has 0 aliphatic rings. The quantitative estimate of drug-likeness (QED) is 0.788. The molecular weight excluding hydrogens is 331 g/mol. The van der Waals surface area contributed by atoms with E-state index in [2.05, 4.69) is 31.9 Å². The van der Waals surface area contributed by atoms with Crippen molar-refractivity contribution in [2.24, 2.45) is 0 Å². The smallest absolute Gasteiger partial charge is 0.310 e. The van der Waals surface area contributed by atoms with Gasteiger partial charge >= 0.3 is 5.97 Å². The summed E-state index contributed by atoms with van der Waals surface area (Å²) < 4.78 is 18.8. The van der Waals surface area contributed by atoms with Gasteiger partial charge in [-0.2, -0.15) is 0 Å². The van der Waals surface area contributed by atoms with Crippen molar-refractivity contribution in [3.63, 3.8) is 0 Å². The Kier molecular flexibility index (Phi) is 4.73. The average molecular weight is 340 g/mol. The minimum atomic E-state index is -0.360. The third-order valence-corrected chi connectivity index (χ3v) is 3.15. The van der Waals surface area contributed by atoms with E-state index in [1.165, 1.54) is 12.1 Å². The second-order valence-electron chi connectivity index (χ2n) is 2.83. The topological polar surface area (TPSA) is 26.3 Å². The lowest BCUT2D eigenvalue weighted by Crippen LogP contribution is -2.08. The van der Waals surface area contributed by atoms with Crippen LogP contribution in [0.2, 0.25) is 0 Å². The molecule has 15 heavy (non-hydrogen) atoms. The van der Waals surface area contributed by atoms with Crippen LogP contribution in [0.15, 0.2) is 21.1 Å². The first-order valence-electron chi connectivity index (χ1n) is 4.33. The number of carbonyl (C=O) groups excluding carboxylic acids is 1. The molecule has 0 aromatic heterocycles. The number of rotatable bonds is 3. The summed E-state index contributed by atoms with van der Waals surface area (Å²) in [6.45, 7) is 2.09. The van der Waals surface area contributed by atoms with Gasteiger partial charge in [0.25, 0.3) is 0 Å². The van der Waals surface area contributed by atoms with Gasteiger partial charge in [-0.15, -0.1) is 0 Å². The summed E-state index contributed by atoms with van der Waals surface area (Å²) in [5, 5.41) is 0. The Hall–Kier alpha value is -0.420. The van der Waals surface area contributed by atoms with Crippen molar-refractivity contribution in [2.45, 2.75) is 13.3 Å². The molecule has 0 fully saturated rings. The SMILES string of the molecule is CCOC(=O)Cc1c(Br)cc(F)cc1Br. The van der Waals surface area contributed by atoms with Gasteiger partial charge in [0.05, 0.1) is 13.0 Å². The molecule has 0 N–H and O–H groups in total. The molecule has 1 aromatic carbocycles. The Morgan fingerprint density at radius 3 is 2.40 bits per heavy atom. The van der Waals surface area contributed by atoms with Gasteiger partial charge in [-0.1, -0.05) is 31.9 Å². The zero-order valence-corrected chi connectivity index (χ0v) is 11.2. The minimum Gasteiger partial charge on any atom is -0.466 e. The first-order chi connectivity index (χ1) is 7.04. The Balaban J connectivity index is 2.90. The molecule has 0 unspecified atom stereocenters. The van der Waals surface area contributed by atoms with Crippen molar-refractivity contribution in [1.29, 1.82) is 0 Å². The predicted octanol–water partition coefficient (Wildman–Crippen LogP) is 3.46. The maximum atomic E-state index is 12.9. The van der Waals surface area contributed by atoms with Crippen LogP contribution in [0.4, 0.5) is 4.39 Å². The summed E-state index contributed by atoms with van der Waals surface area (Å²) in [5.74, 6) is -0.688. The second-order valence-corrected chi connectivity index (χ2v) is 4.54. The number of halogens is 3. The molecule has 1 aromatic rings. The van der Waals surface area contributed by atoms with Gasteiger partial charge in [-0.25, -0.2) is 4.39 Å². The molecule has 5 heteroatoms. The summed E-state index contributed by atoms with van der Waals surface area (Å²) in [6.07, 6.45) is 0.120. The molecule has 0 saturated carbocycles. The summed E-state index contributed by atoms with van der Waals surface area (Å²) in [5.41, 5.74) is 0.690. The summed E-state index contributed by atoms with van der Waals surface area (Å²) >= 11 is 6.40. The Morgan fingerprint density at radius 2 is 1.93 bits per heavy atom. The van der Waals surface area contributed by atoms with Gasteiger partial charge < -0.3 is 4.74 Å².